The third-order valence-electron chi connectivity index (χ3n) is 3.87. The Hall–Kier alpha value is -2.96. The van der Waals surface area contributed by atoms with Gasteiger partial charge in [0.15, 0.2) is 18.2 Å². The van der Waals surface area contributed by atoms with Crippen LogP contribution in [0.15, 0.2) is 54.7 Å². The fourth-order valence-corrected chi connectivity index (χ4v) is 2.94. The molecule has 3 aromatic rings. The first-order valence-corrected chi connectivity index (χ1v) is 8.96. The molecule has 0 fully saturated rings. The number of benzene rings is 2. The van der Waals surface area contributed by atoms with Crippen molar-refractivity contribution in [2.45, 2.75) is 6.61 Å². The summed E-state index contributed by atoms with van der Waals surface area (Å²) in [5.41, 5.74) is 8.21. The molecule has 0 saturated carbocycles. The van der Waals surface area contributed by atoms with E-state index >= 15 is 0 Å². The number of nitrogens with zero attached hydrogens (tertiary/aromatic N) is 1. The Bertz CT molecular complexity index is 974. The van der Waals surface area contributed by atoms with Crippen LogP contribution < -0.4 is 15.2 Å². The Morgan fingerprint density at radius 2 is 1.71 bits per heavy atom. The minimum Gasteiger partial charge on any atom is -0.485 e. The molecule has 3 rings (SSSR count). The maximum Gasteiger partial charge on any atom is 0.341 e. The number of hydrogen-bond donors (Lipinski definition) is 2. The molecule has 0 amide bonds. The first kappa shape index (κ1) is 19.8. The number of ether oxygens (including phenoxy) is 2. The van der Waals surface area contributed by atoms with Crippen molar-refractivity contribution in [2.24, 2.45) is 0 Å². The largest absolute Gasteiger partial charge is 0.485 e. The molecule has 8 heteroatoms. The Balaban J connectivity index is 1.77. The smallest absolute Gasteiger partial charge is 0.341 e. The average molecular weight is 419 g/mol. The third kappa shape index (κ3) is 4.85. The zero-order chi connectivity index (χ0) is 20.1. The highest BCUT2D eigenvalue weighted by Gasteiger charge is 2.10. The van der Waals surface area contributed by atoms with Crippen molar-refractivity contribution in [3.63, 3.8) is 0 Å². The number of nitrogen functional groups attached to an aromatic ring is 1. The van der Waals surface area contributed by atoms with Crippen LogP contribution in [-0.4, -0.2) is 22.7 Å². The van der Waals surface area contributed by atoms with Crippen LogP contribution in [0.3, 0.4) is 0 Å². The second kappa shape index (κ2) is 8.82. The second-order valence-corrected chi connectivity index (χ2v) is 6.62. The summed E-state index contributed by atoms with van der Waals surface area (Å²) in [5.74, 6) is 0.0691. The lowest BCUT2D eigenvalue weighted by molar-refractivity contribution is -0.139. The summed E-state index contributed by atoms with van der Waals surface area (Å²) >= 11 is 12.3. The summed E-state index contributed by atoms with van der Waals surface area (Å²) in [4.78, 5) is 14.7. The van der Waals surface area contributed by atoms with Gasteiger partial charge >= 0.3 is 5.97 Å². The lowest BCUT2D eigenvalue weighted by Gasteiger charge is -2.12. The zero-order valence-corrected chi connectivity index (χ0v) is 16.1. The topological polar surface area (TPSA) is 94.7 Å². The maximum atomic E-state index is 10.6. The molecule has 0 aliphatic rings. The highest BCUT2D eigenvalue weighted by atomic mass is 35.5. The van der Waals surface area contributed by atoms with Gasteiger partial charge in [-0.2, -0.15) is 0 Å². The number of pyridine rings is 1. The van der Waals surface area contributed by atoms with Gasteiger partial charge in [-0.25, -0.2) is 9.78 Å². The highest BCUT2D eigenvalue weighted by molar-refractivity contribution is 6.35. The molecule has 144 valence electrons. The van der Waals surface area contributed by atoms with Gasteiger partial charge in [-0.15, -0.1) is 0 Å². The summed E-state index contributed by atoms with van der Waals surface area (Å²) < 4.78 is 10.9. The van der Waals surface area contributed by atoms with Gasteiger partial charge in [-0.1, -0.05) is 41.4 Å². The fourth-order valence-electron chi connectivity index (χ4n) is 2.44. The quantitative estimate of drug-likeness (QED) is 0.578. The van der Waals surface area contributed by atoms with E-state index < -0.39 is 12.6 Å². The van der Waals surface area contributed by atoms with Crippen LogP contribution >= 0.6 is 23.2 Å². The lowest BCUT2D eigenvalue weighted by Crippen LogP contribution is -2.09. The van der Waals surface area contributed by atoms with Crippen LogP contribution in [-0.2, 0) is 11.4 Å². The highest BCUT2D eigenvalue weighted by Crippen LogP contribution is 2.31. The van der Waals surface area contributed by atoms with E-state index in [4.69, 9.17) is 43.5 Å². The number of hydrogen-bond acceptors (Lipinski definition) is 5. The van der Waals surface area contributed by atoms with Crippen LogP contribution in [0.4, 0.5) is 5.82 Å². The number of aromatic nitrogens is 1. The summed E-state index contributed by atoms with van der Waals surface area (Å²) in [5, 5.41) is 9.67. The van der Waals surface area contributed by atoms with E-state index in [9.17, 15) is 4.79 Å². The van der Waals surface area contributed by atoms with Crippen molar-refractivity contribution in [1.82, 2.24) is 4.98 Å². The van der Waals surface area contributed by atoms with Gasteiger partial charge in [0.05, 0.1) is 0 Å². The molecule has 0 aliphatic carbocycles. The van der Waals surface area contributed by atoms with Crippen molar-refractivity contribution in [2.75, 3.05) is 12.3 Å². The number of carboxylic acid groups (broad SMARTS) is 1. The van der Waals surface area contributed by atoms with Crippen molar-refractivity contribution < 1.29 is 19.4 Å². The van der Waals surface area contributed by atoms with Crippen LogP contribution in [0, 0.1) is 0 Å². The zero-order valence-electron chi connectivity index (χ0n) is 14.6. The van der Waals surface area contributed by atoms with Gasteiger partial charge < -0.3 is 20.3 Å². The molecule has 6 nitrogen and oxygen atoms in total. The minimum atomic E-state index is -1.03. The van der Waals surface area contributed by atoms with Gasteiger partial charge in [0.2, 0.25) is 0 Å². The van der Waals surface area contributed by atoms with Gasteiger partial charge in [0.1, 0.15) is 12.4 Å². The summed E-state index contributed by atoms with van der Waals surface area (Å²) in [6.45, 7) is -0.249. The molecular formula is C20H16Cl2N2O4. The molecule has 0 radical (unpaired) electrons. The molecule has 1 heterocycles. The normalized spacial score (nSPS) is 10.5. The first-order chi connectivity index (χ1) is 13.4. The number of carboxylic acids is 1. The molecule has 0 aliphatic heterocycles. The van der Waals surface area contributed by atoms with Crippen molar-refractivity contribution >= 4 is 35.0 Å². The fraction of sp³-hybridized carbons (Fsp3) is 0.100. The Labute approximate surface area is 171 Å². The molecule has 0 atom stereocenters. The summed E-state index contributed by atoms with van der Waals surface area (Å²) in [6, 6.07) is 13.9. The van der Waals surface area contributed by atoms with Gasteiger partial charge in [-0.3, -0.25) is 0 Å². The van der Waals surface area contributed by atoms with E-state index in [1.165, 1.54) is 0 Å². The van der Waals surface area contributed by atoms with Crippen LogP contribution in [0.2, 0.25) is 10.0 Å². The molecule has 1 aromatic heterocycles. The monoisotopic (exact) mass is 418 g/mol. The number of halogens is 2. The number of carbonyl (C=O) groups is 1. The predicted molar refractivity (Wildman–Crippen MR) is 108 cm³/mol. The molecule has 0 unspecified atom stereocenters. The molecule has 0 bridgehead atoms. The average Bonchev–Trinajstić information content (AvgIpc) is 2.67. The third-order valence-corrected chi connectivity index (χ3v) is 4.57. The van der Waals surface area contributed by atoms with Gasteiger partial charge in [-0.05, 0) is 35.9 Å². The molecule has 0 saturated heterocycles. The summed E-state index contributed by atoms with van der Waals surface area (Å²) in [7, 11) is 0. The summed E-state index contributed by atoms with van der Waals surface area (Å²) in [6.07, 6.45) is 1.62. The Morgan fingerprint density at radius 3 is 2.36 bits per heavy atom. The van der Waals surface area contributed by atoms with E-state index in [2.05, 4.69) is 4.98 Å². The second-order valence-electron chi connectivity index (χ2n) is 5.80. The molecular weight excluding hydrogens is 403 g/mol. The SMILES string of the molecule is Nc1ncc(-c2ccc(OCC(=O)O)cc2)cc1OCc1c(Cl)cccc1Cl. The van der Waals surface area contributed by atoms with Gasteiger partial charge in [0.25, 0.3) is 0 Å². The lowest BCUT2D eigenvalue weighted by atomic mass is 10.1. The number of anilines is 1. The van der Waals surface area contributed by atoms with Crippen molar-refractivity contribution in [3.05, 3.63) is 70.3 Å². The number of rotatable bonds is 7. The van der Waals surface area contributed by atoms with Crippen LogP contribution in [0.1, 0.15) is 5.56 Å². The molecule has 0 spiro atoms. The number of nitrogens with two attached hydrogens (primary N) is 1. The van der Waals surface area contributed by atoms with Crippen LogP contribution in [0.5, 0.6) is 11.5 Å². The minimum absolute atomic E-state index is 0.149. The molecule has 2 aromatic carbocycles. The van der Waals surface area contributed by atoms with Crippen LogP contribution in [0.25, 0.3) is 11.1 Å². The van der Waals surface area contributed by atoms with E-state index in [0.717, 1.165) is 11.1 Å². The van der Waals surface area contributed by atoms with Gasteiger partial charge in [0, 0.05) is 27.4 Å². The van der Waals surface area contributed by atoms with E-state index in [-0.39, 0.29) is 12.4 Å². The Kier molecular flexibility index (Phi) is 6.23. The van der Waals surface area contributed by atoms with E-state index in [1.807, 2.05) is 0 Å². The van der Waals surface area contributed by atoms with E-state index in [1.54, 1.807) is 54.7 Å². The Morgan fingerprint density at radius 1 is 1.04 bits per heavy atom. The van der Waals surface area contributed by atoms with Crippen molar-refractivity contribution in [3.8, 4) is 22.6 Å². The predicted octanol–water partition coefficient (Wildman–Crippen LogP) is 4.68. The standard InChI is InChI=1S/C20H16Cl2N2O4/c21-16-2-1-3-17(22)15(16)10-28-18-8-13(9-24-20(18)23)12-4-6-14(7-5-12)27-11-19(25)26/h1-9H,10-11H2,(H2,23,24)(H,25,26). The molecule has 28 heavy (non-hydrogen) atoms. The van der Waals surface area contributed by atoms with Crippen molar-refractivity contribution in [1.29, 1.82) is 0 Å². The maximum absolute atomic E-state index is 10.6. The van der Waals surface area contributed by atoms with E-state index in [0.29, 0.717) is 27.1 Å². The molecule has 3 N–H and O–H groups in total. The number of aliphatic carboxylic acids is 1. The first-order valence-electron chi connectivity index (χ1n) is 8.20.